The molecule has 4 aromatic heterocycles. The summed E-state index contributed by atoms with van der Waals surface area (Å²) in [5.74, 6) is 1.06. The lowest BCUT2D eigenvalue weighted by molar-refractivity contribution is 0.624. The normalized spacial score (nSPS) is 16.9. The van der Waals surface area contributed by atoms with Crippen molar-refractivity contribution >= 4 is 68.7 Å². The van der Waals surface area contributed by atoms with E-state index in [4.69, 9.17) is 9.97 Å². The van der Waals surface area contributed by atoms with Crippen LogP contribution in [0.4, 0.5) is 10.2 Å². The molecule has 1 N–H and O–H groups in total. The molecule has 0 bridgehead atoms. The van der Waals surface area contributed by atoms with Crippen molar-refractivity contribution in [2.75, 3.05) is 5.32 Å². The Morgan fingerprint density at radius 1 is 1.29 bits per heavy atom. The fraction of sp³-hybridized carbons (Fsp3) is 0.211. The van der Waals surface area contributed by atoms with E-state index in [9.17, 15) is 4.39 Å². The van der Waals surface area contributed by atoms with Gasteiger partial charge in [-0.2, -0.15) is 0 Å². The third-order valence-corrected chi connectivity index (χ3v) is 7.34. The van der Waals surface area contributed by atoms with Crippen LogP contribution in [0.5, 0.6) is 0 Å². The molecule has 1 atom stereocenters. The highest BCUT2D eigenvalue weighted by Crippen LogP contribution is 2.35. The number of thiophene rings is 1. The van der Waals surface area contributed by atoms with Gasteiger partial charge >= 0.3 is 0 Å². The van der Waals surface area contributed by atoms with Crippen molar-refractivity contribution in [3.05, 3.63) is 47.9 Å². The molecule has 0 saturated carbocycles. The molecule has 0 amide bonds. The number of nitrogens with one attached hydrogen (secondary N) is 1. The Bertz CT molecular complexity index is 1200. The van der Waals surface area contributed by atoms with Gasteiger partial charge in [-0.15, -0.1) is 11.3 Å². The fourth-order valence-corrected chi connectivity index (χ4v) is 5.51. The number of hydrogen-bond acceptors (Lipinski definition) is 6. The number of aromatic nitrogens is 4. The number of anilines is 1. The molecular weight excluding hydrogens is 508 g/mol. The van der Waals surface area contributed by atoms with E-state index in [2.05, 4.69) is 49.7 Å². The summed E-state index contributed by atoms with van der Waals surface area (Å²) in [7, 11) is 1.48. The second-order valence-corrected chi connectivity index (χ2v) is 9.23. The Morgan fingerprint density at radius 2 is 2.21 bits per heavy atom. The van der Waals surface area contributed by atoms with E-state index in [1.54, 1.807) is 11.3 Å². The summed E-state index contributed by atoms with van der Waals surface area (Å²) in [4.78, 5) is 14.8. The highest BCUT2D eigenvalue weighted by atomic mass is 127. The number of pyridine rings is 1. The van der Waals surface area contributed by atoms with Crippen LogP contribution in [0.1, 0.15) is 19.3 Å². The molecule has 4 heterocycles. The minimum atomic E-state index is -0.366. The van der Waals surface area contributed by atoms with Crippen LogP contribution in [0.3, 0.4) is 0 Å². The van der Waals surface area contributed by atoms with Crippen molar-refractivity contribution in [2.24, 2.45) is 0 Å². The highest BCUT2D eigenvalue weighted by Gasteiger charge is 2.19. The van der Waals surface area contributed by atoms with E-state index in [1.807, 2.05) is 15.5 Å². The van der Waals surface area contributed by atoms with Crippen LogP contribution >= 0.6 is 41.7 Å². The predicted molar refractivity (Wildman–Crippen MR) is 124 cm³/mol. The zero-order chi connectivity index (χ0) is 19.1. The van der Waals surface area contributed by atoms with Gasteiger partial charge in [0.1, 0.15) is 16.5 Å². The molecule has 0 saturated heterocycles. The average molecular weight is 523 g/mol. The third-order valence-electron chi connectivity index (χ3n) is 4.83. The van der Waals surface area contributed by atoms with Crippen LogP contribution in [-0.2, 0) is 0 Å². The van der Waals surface area contributed by atoms with Crippen molar-refractivity contribution in [1.29, 1.82) is 0 Å². The van der Waals surface area contributed by atoms with Gasteiger partial charge in [-0.05, 0) is 36.8 Å². The number of hydrogen-bond donors (Lipinski definition) is 1. The highest BCUT2D eigenvalue weighted by molar-refractivity contribution is 14.2. The van der Waals surface area contributed by atoms with Crippen molar-refractivity contribution < 1.29 is 4.39 Å². The summed E-state index contributed by atoms with van der Waals surface area (Å²) >= 11 is 3.77. The minimum Gasteiger partial charge on any atom is -0.366 e. The number of nitrogens with zero attached hydrogens (tertiary/aromatic N) is 4. The smallest absolute Gasteiger partial charge is 0.165 e. The van der Waals surface area contributed by atoms with Crippen LogP contribution in [-0.4, -0.2) is 25.0 Å². The molecule has 9 heteroatoms. The molecule has 0 aromatic carbocycles. The molecule has 4 aromatic rings. The number of allylic oxidation sites excluding steroid dienone is 1. The largest absolute Gasteiger partial charge is 0.366 e. The van der Waals surface area contributed by atoms with Crippen LogP contribution in [0.2, 0.25) is 0 Å². The summed E-state index contributed by atoms with van der Waals surface area (Å²) < 4.78 is 15.8. The Balaban J connectivity index is 1.66. The average Bonchev–Trinajstić information content (AvgIpc) is 3.33. The Hall–Kier alpha value is -1.72. The number of halogens is 2. The number of rotatable bonds is 4. The van der Waals surface area contributed by atoms with Gasteiger partial charge < -0.3 is 5.32 Å². The van der Waals surface area contributed by atoms with Crippen molar-refractivity contribution in [3.8, 4) is 11.4 Å². The summed E-state index contributed by atoms with van der Waals surface area (Å²) in [5.41, 5.74) is 1.49. The van der Waals surface area contributed by atoms with Gasteiger partial charge in [0, 0.05) is 53.5 Å². The first-order valence-corrected chi connectivity index (χ1v) is 13.1. The monoisotopic (exact) mass is 523 g/mol. The zero-order valence-corrected chi connectivity index (χ0v) is 18.4. The molecule has 1 aliphatic carbocycles. The Morgan fingerprint density at radius 3 is 3.04 bits per heavy atom. The molecule has 0 radical (unpaired) electrons. The van der Waals surface area contributed by atoms with Gasteiger partial charge in [-0.3, -0.25) is 3.97 Å². The van der Waals surface area contributed by atoms with E-state index < -0.39 is 0 Å². The maximum absolute atomic E-state index is 13.9. The van der Waals surface area contributed by atoms with Crippen LogP contribution in [0.15, 0.2) is 42.1 Å². The van der Waals surface area contributed by atoms with Crippen molar-refractivity contribution in [2.45, 2.75) is 25.3 Å². The summed E-state index contributed by atoms with van der Waals surface area (Å²) in [5, 5.41) is 7.37. The Labute approximate surface area is 181 Å². The van der Waals surface area contributed by atoms with Crippen LogP contribution in [0, 0.1) is 5.82 Å². The first-order chi connectivity index (χ1) is 13.7. The topological polar surface area (TPSA) is 55.6 Å². The first kappa shape index (κ1) is 18.3. The predicted octanol–water partition coefficient (Wildman–Crippen LogP) is 6.21. The van der Waals surface area contributed by atoms with Crippen LogP contribution in [0.25, 0.3) is 32.6 Å². The van der Waals surface area contributed by atoms with Gasteiger partial charge in [-0.1, -0.05) is 12.2 Å². The zero-order valence-electron chi connectivity index (χ0n) is 14.6. The van der Waals surface area contributed by atoms with Gasteiger partial charge in [0.2, 0.25) is 0 Å². The quantitative estimate of drug-likeness (QED) is 0.255. The lowest BCUT2D eigenvalue weighted by atomic mass is 10.0. The Kier molecular flexibility index (Phi) is 4.97. The molecule has 28 heavy (non-hydrogen) atoms. The first-order valence-electron chi connectivity index (χ1n) is 8.86. The fourth-order valence-electron chi connectivity index (χ4n) is 3.49. The maximum Gasteiger partial charge on any atom is 0.165 e. The van der Waals surface area contributed by atoms with Crippen molar-refractivity contribution in [3.63, 3.8) is 0 Å². The molecule has 0 spiro atoms. The van der Waals surface area contributed by atoms with Gasteiger partial charge in [-0.25, -0.2) is 19.3 Å². The van der Waals surface area contributed by atoms with Gasteiger partial charge in [0.05, 0.1) is 11.6 Å². The van der Waals surface area contributed by atoms with E-state index >= 15 is 0 Å². The lowest BCUT2D eigenvalue weighted by Gasteiger charge is -2.20. The summed E-state index contributed by atoms with van der Waals surface area (Å²) in [6, 6.07) is 3.92. The van der Waals surface area contributed by atoms with Crippen LogP contribution < -0.4 is 5.32 Å². The second-order valence-electron chi connectivity index (χ2n) is 6.62. The molecule has 5 nitrogen and oxygen atoms in total. The minimum absolute atomic E-state index is 0.362. The van der Waals surface area contributed by atoms with E-state index in [-0.39, 0.29) is 5.82 Å². The standard InChI is InChI=1S/C19H15FIN5S2/c20-11-8-14-15(10-26(28-21)18(14)22-9-11)17-24-16(13-6-7-27-19(13)25-17)23-12-4-2-1-3-5-12/h1-2,6-10,12H,3-5H2,(H,23,24,25). The molecular formula is C19H15FIN5S2. The maximum atomic E-state index is 13.9. The summed E-state index contributed by atoms with van der Waals surface area (Å²) in [6.45, 7) is 0. The molecule has 0 fully saturated rings. The van der Waals surface area contributed by atoms with E-state index in [1.165, 1.54) is 21.4 Å². The van der Waals surface area contributed by atoms with Gasteiger partial charge in [0.15, 0.2) is 11.5 Å². The van der Waals surface area contributed by atoms with E-state index in [0.29, 0.717) is 22.9 Å². The van der Waals surface area contributed by atoms with Crippen molar-refractivity contribution in [1.82, 2.24) is 18.9 Å². The molecule has 142 valence electrons. The van der Waals surface area contributed by atoms with Gasteiger partial charge in [0.25, 0.3) is 0 Å². The second kappa shape index (κ2) is 7.60. The molecule has 5 rings (SSSR count). The van der Waals surface area contributed by atoms with E-state index in [0.717, 1.165) is 40.9 Å². The lowest BCUT2D eigenvalue weighted by Crippen LogP contribution is -2.21. The third kappa shape index (κ3) is 3.29. The molecule has 0 aliphatic heterocycles. The SMILES string of the molecule is Fc1cnc2c(c1)c(-c1nc(NC3CC=CCC3)c3ccsc3n1)cn2SI. The molecule has 1 unspecified atom stereocenters. The summed E-state index contributed by atoms with van der Waals surface area (Å²) in [6.07, 6.45) is 10.8. The molecule has 1 aliphatic rings. The number of fused-ring (bicyclic) bond motifs is 2.